The van der Waals surface area contributed by atoms with E-state index in [-0.39, 0.29) is 46.2 Å². The van der Waals surface area contributed by atoms with Crippen molar-refractivity contribution in [1.29, 1.82) is 10.5 Å². The van der Waals surface area contributed by atoms with E-state index in [1.165, 1.54) is 51.3 Å². The quantitative estimate of drug-likeness (QED) is 0.109. The number of fused-ring (bicyclic) bond motifs is 2. The third kappa shape index (κ3) is 8.29. The van der Waals surface area contributed by atoms with Crippen molar-refractivity contribution in [3.63, 3.8) is 0 Å². The van der Waals surface area contributed by atoms with Crippen LogP contribution >= 0.6 is 0 Å². The van der Waals surface area contributed by atoms with Gasteiger partial charge in [-0.2, -0.15) is 10.5 Å². The van der Waals surface area contributed by atoms with Crippen LogP contribution in [0.5, 0.6) is 0 Å². The van der Waals surface area contributed by atoms with E-state index in [1.807, 2.05) is 12.1 Å². The van der Waals surface area contributed by atoms with Crippen LogP contribution < -0.4 is 32.7 Å². The van der Waals surface area contributed by atoms with Crippen molar-refractivity contribution in [3.8, 4) is 23.5 Å². The third-order valence-electron chi connectivity index (χ3n) is 9.70. The van der Waals surface area contributed by atoms with Gasteiger partial charge in [-0.1, -0.05) is 12.1 Å². The summed E-state index contributed by atoms with van der Waals surface area (Å²) >= 11 is 0. The Labute approximate surface area is 362 Å². The Morgan fingerprint density at radius 3 is 1.42 bits per heavy atom. The van der Waals surface area contributed by atoms with Gasteiger partial charge in [0.2, 0.25) is 0 Å². The molecule has 0 aliphatic rings. The summed E-state index contributed by atoms with van der Waals surface area (Å²) in [5.41, 5.74) is 15.3. The molecule has 8 N–H and O–H groups in total. The van der Waals surface area contributed by atoms with Crippen LogP contribution in [0.2, 0.25) is 0 Å². The maximum absolute atomic E-state index is 14.0. The first-order chi connectivity index (χ1) is 30.9. The summed E-state index contributed by atoms with van der Waals surface area (Å²) in [4.78, 5) is 58.2. The summed E-state index contributed by atoms with van der Waals surface area (Å²) < 4.78 is 31.4. The lowest BCUT2D eigenvalue weighted by Gasteiger charge is -2.18. The molecule has 0 bridgehead atoms. The van der Waals surface area contributed by atoms with Crippen molar-refractivity contribution in [1.82, 2.24) is 59.6 Å². The van der Waals surface area contributed by atoms with Gasteiger partial charge < -0.3 is 32.7 Å². The number of halogens is 2. The SMILES string of the molecule is CNC(=O)c1cccc2nc([C@@H](C)Nc3ncnc(N)c3C#N)n(-c3cncc(F)c3)c12.CNC(=O)c1cccc2nc([C@H](C)Nc3ncnc(N)c3C#N)n(-c3cncc(F)c3)c12. The number of pyridine rings is 2. The second-order valence-corrected chi connectivity index (χ2v) is 13.8. The van der Waals surface area contributed by atoms with Crippen LogP contribution in [0.1, 0.15) is 69.4 Å². The predicted octanol–water partition coefficient (Wildman–Crippen LogP) is 4.67. The Morgan fingerprint density at radius 1 is 0.656 bits per heavy atom. The van der Waals surface area contributed by atoms with Crippen molar-refractivity contribution < 1.29 is 18.4 Å². The molecule has 0 unspecified atom stereocenters. The van der Waals surface area contributed by atoms with Crippen LogP contribution in [-0.4, -0.2) is 74.9 Å². The Hall–Kier alpha value is -9.18. The van der Waals surface area contributed by atoms with Gasteiger partial charge in [0, 0.05) is 26.2 Å². The minimum absolute atomic E-state index is 0.0435. The molecular weight excluding hydrogens is 827 g/mol. The lowest BCUT2D eigenvalue weighted by Crippen LogP contribution is -2.20. The second-order valence-electron chi connectivity index (χ2n) is 13.8. The van der Waals surface area contributed by atoms with E-state index in [2.05, 4.69) is 61.1 Å². The summed E-state index contributed by atoms with van der Waals surface area (Å²) in [6.45, 7) is 3.59. The average Bonchev–Trinajstić information content (AvgIpc) is 3.89. The lowest BCUT2D eigenvalue weighted by molar-refractivity contribution is 0.0956. The number of amides is 2. The van der Waals surface area contributed by atoms with Gasteiger partial charge in [-0.25, -0.2) is 38.7 Å². The Kier molecular flexibility index (Phi) is 12.2. The van der Waals surface area contributed by atoms with E-state index in [0.717, 1.165) is 12.4 Å². The zero-order valence-electron chi connectivity index (χ0n) is 34.3. The number of nitriles is 2. The number of nitrogens with zero attached hydrogens (tertiary/aromatic N) is 12. The van der Waals surface area contributed by atoms with E-state index in [0.29, 0.717) is 56.2 Å². The van der Waals surface area contributed by atoms with Crippen molar-refractivity contribution >= 4 is 57.2 Å². The number of hydrogen-bond donors (Lipinski definition) is 6. The number of carbonyl (C=O) groups excluding carboxylic acids is 2. The van der Waals surface area contributed by atoms with Crippen molar-refractivity contribution in [2.24, 2.45) is 0 Å². The number of anilines is 4. The molecule has 0 radical (unpaired) electrons. The Balaban J connectivity index is 0.000000191. The molecule has 6 heterocycles. The number of rotatable bonds is 10. The fourth-order valence-corrected chi connectivity index (χ4v) is 6.85. The first-order valence-corrected chi connectivity index (χ1v) is 19.1. The number of imidazole rings is 2. The van der Waals surface area contributed by atoms with E-state index in [9.17, 15) is 28.9 Å². The van der Waals surface area contributed by atoms with Gasteiger partial charge in [0.25, 0.3) is 11.8 Å². The molecule has 2 aromatic carbocycles. The first kappa shape index (κ1) is 42.9. The van der Waals surface area contributed by atoms with E-state index in [4.69, 9.17) is 11.5 Å². The molecule has 20 nitrogen and oxygen atoms in total. The maximum Gasteiger partial charge on any atom is 0.253 e. The van der Waals surface area contributed by atoms with Crippen LogP contribution in [0, 0.1) is 34.3 Å². The number of nitrogens with two attached hydrogens (primary N) is 2. The van der Waals surface area contributed by atoms with Crippen molar-refractivity contribution in [3.05, 3.63) is 132 Å². The molecule has 6 aromatic heterocycles. The average molecular weight is 863 g/mol. The summed E-state index contributed by atoms with van der Waals surface area (Å²) in [7, 11) is 3.05. The van der Waals surface area contributed by atoms with Crippen LogP contribution in [-0.2, 0) is 0 Å². The van der Waals surface area contributed by atoms with Crippen LogP contribution in [0.3, 0.4) is 0 Å². The summed E-state index contributed by atoms with van der Waals surface area (Å²) in [6, 6.07) is 15.8. The predicted molar refractivity (Wildman–Crippen MR) is 231 cm³/mol. The highest BCUT2D eigenvalue weighted by Crippen LogP contribution is 2.32. The van der Waals surface area contributed by atoms with Crippen LogP contribution in [0.15, 0.2) is 86.0 Å². The van der Waals surface area contributed by atoms with Gasteiger partial charge in [-0.3, -0.25) is 28.7 Å². The Morgan fingerprint density at radius 2 is 1.06 bits per heavy atom. The number of carbonyl (C=O) groups is 2. The molecule has 0 saturated heterocycles. The molecule has 8 aromatic rings. The van der Waals surface area contributed by atoms with Gasteiger partial charge in [-0.05, 0) is 38.1 Å². The fraction of sp³-hybridized carbons (Fsp3) is 0.143. The van der Waals surface area contributed by atoms with Gasteiger partial charge in [0.1, 0.15) is 82.5 Å². The number of nitrogen functional groups attached to an aromatic ring is 2. The normalized spacial score (nSPS) is 11.7. The lowest BCUT2D eigenvalue weighted by atomic mass is 10.1. The largest absolute Gasteiger partial charge is 0.382 e. The van der Waals surface area contributed by atoms with Crippen molar-refractivity contribution in [2.75, 3.05) is 36.2 Å². The maximum atomic E-state index is 14.0. The number of para-hydroxylation sites is 2. The van der Waals surface area contributed by atoms with Gasteiger partial charge in [-0.15, -0.1) is 0 Å². The second kappa shape index (κ2) is 18.2. The van der Waals surface area contributed by atoms with Gasteiger partial charge in [0.05, 0.1) is 81.4 Å². The van der Waals surface area contributed by atoms with Crippen LogP contribution in [0.25, 0.3) is 33.4 Å². The highest BCUT2D eigenvalue weighted by molar-refractivity contribution is 6.06. The van der Waals surface area contributed by atoms with Gasteiger partial charge in [0.15, 0.2) is 0 Å². The molecule has 2 atom stereocenters. The molecule has 320 valence electrons. The standard InChI is InChI=1S/2C21H18FN9O/c2*1-11(29-19-15(7-23)18(24)27-10-28-19)20-30-16-5-3-4-14(21(32)25-2)17(16)31(20)13-6-12(22)8-26-9-13/h2*3-6,8-11H,1-2H3,(H,25,32)(H3,24,27,28,29)/t2*11-/m10/s1. The summed E-state index contributed by atoms with van der Waals surface area (Å²) in [6.07, 6.45) is 7.62. The minimum Gasteiger partial charge on any atom is -0.382 e. The van der Waals surface area contributed by atoms with E-state index in [1.54, 1.807) is 59.4 Å². The zero-order chi connectivity index (χ0) is 45.7. The smallest absolute Gasteiger partial charge is 0.253 e. The molecule has 22 heteroatoms. The first-order valence-electron chi connectivity index (χ1n) is 19.1. The summed E-state index contributed by atoms with van der Waals surface area (Å²) in [5.74, 6) is -0.261. The number of nitrogens with one attached hydrogen (secondary N) is 4. The number of benzene rings is 2. The molecule has 8 rings (SSSR count). The van der Waals surface area contributed by atoms with E-state index < -0.39 is 23.7 Å². The molecular formula is C42H36F2N18O2. The highest BCUT2D eigenvalue weighted by atomic mass is 19.1. The summed E-state index contributed by atoms with van der Waals surface area (Å²) in [5, 5.41) is 30.3. The number of hydrogen-bond acceptors (Lipinski definition) is 16. The molecule has 2 amide bonds. The molecule has 0 aliphatic carbocycles. The molecule has 0 fully saturated rings. The van der Waals surface area contributed by atoms with Gasteiger partial charge >= 0.3 is 0 Å². The monoisotopic (exact) mass is 862 g/mol. The topological polar surface area (TPSA) is 295 Å². The molecule has 0 saturated carbocycles. The minimum atomic E-state index is -0.538. The molecule has 64 heavy (non-hydrogen) atoms. The fourth-order valence-electron chi connectivity index (χ4n) is 6.85. The molecule has 0 spiro atoms. The zero-order valence-corrected chi connectivity index (χ0v) is 34.3. The Bertz CT molecular complexity index is 2960. The van der Waals surface area contributed by atoms with Crippen LogP contribution in [0.4, 0.5) is 32.1 Å². The third-order valence-corrected chi connectivity index (χ3v) is 9.70. The van der Waals surface area contributed by atoms with Crippen molar-refractivity contribution in [2.45, 2.75) is 25.9 Å². The highest BCUT2D eigenvalue weighted by Gasteiger charge is 2.26. The molecule has 0 aliphatic heterocycles. The number of aromatic nitrogens is 10. The van der Waals surface area contributed by atoms with E-state index >= 15 is 0 Å².